The van der Waals surface area contributed by atoms with E-state index in [-0.39, 0.29) is 10.7 Å². The van der Waals surface area contributed by atoms with E-state index in [0.717, 1.165) is 63.9 Å². The lowest BCUT2D eigenvalue weighted by molar-refractivity contribution is -0.110. The van der Waals surface area contributed by atoms with Gasteiger partial charge < -0.3 is 29.1 Å². The van der Waals surface area contributed by atoms with Gasteiger partial charge in [0.2, 0.25) is 10.0 Å². The van der Waals surface area contributed by atoms with E-state index in [1.54, 1.807) is 18.2 Å². The van der Waals surface area contributed by atoms with E-state index >= 15 is 0 Å². The van der Waals surface area contributed by atoms with Crippen LogP contribution in [0.5, 0.6) is 0 Å². The molecule has 0 bridgehead atoms. The second-order valence-corrected chi connectivity index (χ2v) is 20.7. The Labute approximate surface area is 327 Å². The van der Waals surface area contributed by atoms with Gasteiger partial charge >= 0.3 is 0 Å². The molecule has 0 atom stereocenters. The second kappa shape index (κ2) is 21.4. The Kier molecular flexibility index (Phi) is 18.3. The summed E-state index contributed by atoms with van der Waals surface area (Å²) in [6.45, 7) is 37.3. The van der Waals surface area contributed by atoms with Gasteiger partial charge in [0.05, 0.1) is 24.1 Å². The zero-order chi connectivity index (χ0) is 38.8. The van der Waals surface area contributed by atoms with Crippen molar-refractivity contribution in [2.24, 2.45) is 11.3 Å². The first-order chi connectivity index (χ1) is 25.2. The molecule has 11 heteroatoms. The fourth-order valence-corrected chi connectivity index (χ4v) is 11.1. The molecule has 0 N–H and O–H groups in total. The largest absolute Gasteiger partial charge is 0.379 e. The Balaban J connectivity index is 0.000000231. The molecule has 0 aromatic rings. The van der Waals surface area contributed by atoms with E-state index in [2.05, 4.69) is 66.0 Å². The summed E-state index contributed by atoms with van der Waals surface area (Å²) in [5.41, 5.74) is 0.267. The molecule has 6 aliphatic rings. The molecular formula is C42H84N6O4S. The molecule has 1 spiro atoms. The van der Waals surface area contributed by atoms with E-state index in [1.807, 2.05) is 13.8 Å². The smallest absolute Gasteiger partial charge is 0.216 e. The van der Waals surface area contributed by atoms with Crippen molar-refractivity contribution in [2.75, 3.05) is 98.3 Å². The molecule has 6 heterocycles. The number of hydrogen-bond donors (Lipinski definition) is 0. The minimum Gasteiger partial charge on any atom is -0.379 e. The Bertz CT molecular complexity index is 1110. The van der Waals surface area contributed by atoms with Crippen LogP contribution in [0.15, 0.2) is 0 Å². The Morgan fingerprint density at radius 2 is 1.04 bits per heavy atom. The van der Waals surface area contributed by atoms with Crippen LogP contribution in [0, 0.1) is 11.3 Å². The van der Waals surface area contributed by atoms with Gasteiger partial charge in [-0.1, -0.05) is 13.8 Å². The summed E-state index contributed by atoms with van der Waals surface area (Å²) in [6, 6.07) is 3.00. The average molecular weight is 769 g/mol. The summed E-state index contributed by atoms with van der Waals surface area (Å²) in [6.07, 6.45) is 11.2. The number of nitrogens with zero attached hydrogens (tertiary/aromatic N) is 6. The van der Waals surface area contributed by atoms with Gasteiger partial charge in [0.25, 0.3) is 0 Å². The van der Waals surface area contributed by atoms with E-state index < -0.39 is 10.0 Å². The molecule has 10 nitrogen and oxygen atoms in total. The van der Waals surface area contributed by atoms with Gasteiger partial charge in [-0.25, -0.2) is 12.7 Å². The first kappa shape index (κ1) is 45.3. The van der Waals surface area contributed by atoms with E-state index in [1.165, 1.54) is 104 Å². The van der Waals surface area contributed by atoms with Crippen molar-refractivity contribution in [1.82, 2.24) is 28.8 Å². The van der Waals surface area contributed by atoms with Crippen molar-refractivity contribution in [3.05, 3.63) is 0 Å². The molecule has 312 valence electrons. The van der Waals surface area contributed by atoms with Gasteiger partial charge in [-0.15, -0.1) is 0 Å². The monoisotopic (exact) mass is 769 g/mol. The van der Waals surface area contributed by atoms with Gasteiger partial charge in [0.1, 0.15) is 0 Å². The highest BCUT2D eigenvalue weighted by molar-refractivity contribution is 7.89. The van der Waals surface area contributed by atoms with Crippen LogP contribution in [0.3, 0.4) is 0 Å². The van der Waals surface area contributed by atoms with Crippen molar-refractivity contribution in [2.45, 2.75) is 162 Å². The van der Waals surface area contributed by atoms with Crippen LogP contribution >= 0.6 is 0 Å². The number of rotatable bonds is 13. The molecule has 6 saturated heterocycles. The fourth-order valence-electron chi connectivity index (χ4n) is 9.58. The van der Waals surface area contributed by atoms with Gasteiger partial charge in [-0.05, 0) is 165 Å². The predicted molar refractivity (Wildman–Crippen MR) is 221 cm³/mol. The molecule has 0 aliphatic carbocycles. The minimum absolute atomic E-state index is 0.267. The Hall–Kier alpha value is -0.370. The second-order valence-electron chi connectivity index (χ2n) is 18.2. The maximum absolute atomic E-state index is 12.3. The summed E-state index contributed by atoms with van der Waals surface area (Å²) in [4.78, 5) is 13.3. The van der Waals surface area contributed by atoms with Crippen molar-refractivity contribution >= 4 is 10.0 Å². The lowest BCUT2D eigenvalue weighted by Gasteiger charge is -2.62. The third-order valence-corrected chi connectivity index (χ3v) is 15.2. The highest BCUT2D eigenvalue weighted by atomic mass is 32.2. The third kappa shape index (κ3) is 13.1. The SMILES string of the molecule is CC.CC(C)N1CCC(N2CCC(N3CC4(C3)CN(S(=O)(=O)C(C)C)C4)CC2)CC1.CC(C)OCCN1CCC(N2CCC(COC(C)C)CC2)CC1. The molecule has 6 fully saturated rings. The standard InChI is InChI=1S/C21H40N4O2S.C19H38N2O2.C2H6/c1-17(2)22-9-5-19(6-10-22)23-11-7-20(8-12-23)24-13-21(14-24)15-25(16-21)28(26,27)18(3)4;1-16(2)22-14-13-20-9-7-19(8-10-20)21-11-5-18(6-12-21)15-23-17(3)4;1-2/h17-20H,5-16H2,1-4H3;16-19H,5-15H2,1-4H3;1-2H3. The zero-order valence-electron chi connectivity index (χ0n) is 36.1. The summed E-state index contributed by atoms with van der Waals surface area (Å²) >= 11 is 0. The third-order valence-electron chi connectivity index (χ3n) is 13.1. The van der Waals surface area contributed by atoms with Crippen LogP contribution in [0.4, 0.5) is 0 Å². The van der Waals surface area contributed by atoms with Crippen molar-refractivity contribution in [3.63, 3.8) is 0 Å². The van der Waals surface area contributed by atoms with E-state index in [9.17, 15) is 8.42 Å². The highest BCUT2D eigenvalue weighted by Crippen LogP contribution is 2.43. The summed E-state index contributed by atoms with van der Waals surface area (Å²) in [5.74, 6) is 0.780. The summed E-state index contributed by atoms with van der Waals surface area (Å²) in [7, 11) is -3.05. The zero-order valence-corrected chi connectivity index (χ0v) is 36.9. The van der Waals surface area contributed by atoms with E-state index in [4.69, 9.17) is 9.47 Å². The summed E-state index contributed by atoms with van der Waals surface area (Å²) in [5, 5.41) is -0.294. The van der Waals surface area contributed by atoms with Gasteiger partial charge in [-0.3, -0.25) is 4.90 Å². The average Bonchev–Trinajstić information content (AvgIpc) is 3.11. The van der Waals surface area contributed by atoms with Crippen LogP contribution in [-0.2, 0) is 19.5 Å². The first-order valence-electron chi connectivity index (χ1n) is 22.2. The molecule has 6 rings (SSSR count). The van der Waals surface area contributed by atoms with Gasteiger partial charge in [0, 0.05) is 68.9 Å². The maximum atomic E-state index is 12.3. The fraction of sp³-hybridized carbons (Fsp3) is 1.00. The Morgan fingerprint density at radius 3 is 1.51 bits per heavy atom. The maximum Gasteiger partial charge on any atom is 0.216 e. The van der Waals surface area contributed by atoms with E-state index in [0.29, 0.717) is 24.3 Å². The molecule has 0 radical (unpaired) electrons. The normalized spacial score (nSPS) is 25.8. The van der Waals surface area contributed by atoms with Crippen molar-refractivity contribution in [1.29, 1.82) is 0 Å². The van der Waals surface area contributed by atoms with Crippen LogP contribution < -0.4 is 0 Å². The molecular weight excluding hydrogens is 685 g/mol. The quantitative estimate of drug-likeness (QED) is 0.234. The van der Waals surface area contributed by atoms with Crippen molar-refractivity contribution < 1.29 is 17.9 Å². The number of ether oxygens (including phenoxy) is 2. The van der Waals surface area contributed by atoms with Crippen LogP contribution in [-0.4, -0.2) is 177 Å². The lowest BCUT2D eigenvalue weighted by Crippen LogP contribution is -2.74. The van der Waals surface area contributed by atoms with Gasteiger partial charge in [0.15, 0.2) is 0 Å². The molecule has 0 amide bonds. The van der Waals surface area contributed by atoms with Crippen LogP contribution in [0.25, 0.3) is 0 Å². The topological polar surface area (TPSA) is 72.0 Å². The van der Waals surface area contributed by atoms with Crippen LogP contribution in [0.1, 0.15) is 121 Å². The number of sulfonamides is 1. The molecule has 0 aromatic carbocycles. The van der Waals surface area contributed by atoms with Crippen molar-refractivity contribution in [3.8, 4) is 0 Å². The molecule has 0 unspecified atom stereocenters. The summed E-state index contributed by atoms with van der Waals surface area (Å²) < 4.78 is 37.7. The number of likely N-dealkylation sites (tertiary alicyclic amines) is 5. The first-order valence-corrected chi connectivity index (χ1v) is 23.7. The molecule has 53 heavy (non-hydrogen) atoms. The molecule has 6 aliphatic heterocycles. The number of hydrogen-bond acceptors (Lipinski definition) is 9. The molecule has 0 aromatic heterocycles. The highest BCUT2D eigenvalue weighted by Gasteiger charge is 2.56. The minimum atomic E-state index is -3.05. The predicted octanol–water partition coefficient (Wildman–Crippen LogP) is 5.72. The lowest BCUT2D eigenvalue weighted by atomic mass is 9.73. The molecule has 0 saturated carbocycles. The number of piperidine rings is 4. The van der Waals surface area contributed by atoms with Crippen LogP contribution in [0.2, 0.25) is 0 Å². The Morgan fingerprint density at radius 1 is 0.585 bits per heavy atom. The van der Waals surface area contributed by atoms with Gasteiger partial charge in [-0.2, -0.15) is 0 Å².